The number of aromatic hydroxyl groups is 1. The summed E-state index contributed by atoms with van der Waals surface area (Å²) >= 11 is 0. The zero-order chi connectivity index (χ0) is 26.2. The Balaban J connectivity index is 1.78. The normalized spacial score (nSPS) is 11.3. The third-order valence-corrected chi connectivity index (χ3v) is 5.43. The van der Waals surface area contributed by atoms with Crippen LogP contribution in [0.2, 0.25) is 0 Å². The van der Waals surface area contributed by atoms with Gasteiger partial charge >= 0.3 is 12.0 Å². The summed E-state index contributed by atoms with van der Waals surface area (Å²) in [6, 6.07) is 13.8. The number of nitrogens with zero attached hydrogens (tertiary/aromatic N) is 1. The van der Waals surface area contributed by atoms with E-state index >= 15 is 0 Å². The number of urea groups is 1. The molecule has 2 aromatic carbocycles. The lowest BCUT2D eigenvalue weighted by Gasteiger charge is -2.20. The molecule has 1 aromatic heterocycles. The molecule has 10 nitrogen and oxygen atoms in total. The lowest BCUT2D eigenvalue weighted by atomic mass is 10.0. The van der Waals surface area contributed by atoms with E-state index in [2.05, 4.69) is 10.6 Å². The highest BCUT2D eigenvalue weighted by molar-refractivity contribution is 5.91. The maximum absolute atomic E-state index is 12.7. The highest BCUT2D eigenvalue weighted by Crippen LogP contribution is 2.27. The third-order valence-electron chi connectivity index (χ3n) is 5.43. The van der Waals surface area contributed by atoms with Crippen LogP contribution < -0.4 is 25.7 Å². The van der Waals surface area contributed by atoms with Crippen molar-refractivity contribution < 1.29 is 28.9 Å². The first-order valence-electron chi connectivity index (χ1n) is 11.3. The van der Waals surface area contributed by atoms with Gasteiger partial charge in [0.2, 0.25) is 0 Å². The average Bonchev–Trinajstić information content (AvgIpc) is 2.85. The van der Waals surface area contributed by atoms with E-state index in [0.717, 1.165) is 0 Å². The predicted molar refractivity (Wildman–Crippen MR) is 134 cm³/mol. The van der Waals surface area contributed by atoms with Gasteiger partial charge in [-0.05, 0) is 43.7 Å². The number of aromatic nitrogens is 1. The van der Waals surface area contributed by atoms with Gasteiger partial charge < -0.3 is 34.5 Å². The van der Waals surface area contributed by atoms with Crippen LogP contribution in [0, 0.1) is 6.92 Å². The molecule has 1 heterocycles. The van der Waals surface area contributed by atoms with E-state index in [0.29, 0.717) is 28.5 Å². The first-order valence-corrected chi connectivity index (χ1v) is 11.3. The van der Waals surface area contributed by atoms with Gasteiger partial charge in [-0.1, -0.05) is 18.2 Å². The highest BCUT2D eigenvalue weighted by atomic mass is 16.5. The Hall–Kier alpha value is -4.47. The standard InChI is InChI=1S/C26H29N3O7/c1-5-35-23(31)15-21(27-26(33)28-24-22(30)13-16(2)29(3)25(24)32)17-9-11-18(12-10-17)36-20-8-6-7-19(14-20)34-4/h6-14,21,30H,5,15H2,1-4H3,(H2,27,28,33)/t21-/m0/s1. The molecule has 0 radical (unpaired) electrons. The van der Waals surface area contributed by atoms with Gasteiger partial charge in [-0.25, -0.2) is 4.79 Å². The number of nitrogens with one attached hydrogen (secondary N) is 2. The summed E-state index contributed by atoms with van der Waals surface area (Å²) in [7, 11) is 3.09. The number of esters is 1. The van der Waals surface area contributed by atoms with Crippen LogP contribution in [0.5, 0.6) is 23.0 Å². The number of anilines is 1. The van der Waals surface area contributed by atoms with Crippen LogP contribution in [0.15, 0.2) is 59.4 Å². The summed E-state index contributed by atoms with van der Waals surface area (Å²) in [5, 5.41) is 15.2. The minimum atomic E-state index is -0.772. The van der Waals surface area contributed by atoms with E-state index in [1.807, 2.05) is 0 Å². The largest absolute Gasteiger partial charge is 0.505 e. The third kappa shape index (κ3) is 6.56. The number of ether oxygens (including phenoxy) is 3. The fourth-order valence-corrected chi connectivity index (χ4v) is 3.44. The molecule has 1 atom stereocenters. The topological polar surface area (TPSA) is 128 Å². The second kappa shape index (κ2) is 11.8. The van der Waals surface area contributed by atoms with Gasteiger partial charge in [0.05, 0.1) is 26.2 Å². The number of methoxy groups -OCH3 is 1. The first-order chi connectivity index (χ1) is 17.2. The summed E-state index contributed by atoms with van der Waals surface area (Å²) < 4.78 is 17.4. The SMILES string of the molecule is CCOC(=O)C[C@H](NC(=O)Nc1c(O)cc(C)n(C)c1=O)c1ccc(Oc2cccc(OC)c2)cc1. The number of aryl methyl sites for hydroxylation is 1. The molecule has 3 aromatic rings. The number of carbonyl (C=O) groups is 2. The Labute approximate surface area is 208 Å². The van der Waals surface area contributed by atoms with Crippen LogP contribution in [0.25, 0.3) is 0 Å². The van der Waals surface area contributed by atoms with Crippen LogP contribution in [0.4, 0.5) is 10.5 Å². The number of hydrogen-bond acceptors (Lipinski definition) is 7. The van der Waals surface area contributed by atoms with E-state index in [1.54, 1.807) is 69.5 Å². The van der Waals surface area contributed by atoms with Crippen LogP contribution in [0.3, 0.4) is 0 Å². The lowest BCUT2D eigenvalue weighted by molar-refractivity contribution is -0.143. The zero-order valence-electron chi connectivity index (χ0n) is 20.5. The molecule has 0 spiro atoms. The summed E-state index contributed by atoms with van der Waals surface area (Å²) in [4.78, 5) is 37.4. The highest BCUT2D eigenvalue weighted by Gasteiger charge is 2.21. The molecule has 10 heteroatoms. The summed E-state index contributed by atoms with van der Waals surface area (Å²) in [6.45, 7) is 3.54. The Bertz CT molecular complexity index is 1290. The van der Waals surface area contributed by atoms with Gasteiger partial charge in [0.15, 0.2) is 5.69 Å². The fourth-order valence-electron chi connectivity index (χ4n) is 3.44. The second-order valence-corrected chi connectivity index (χ2v) is 7.92. The number of benzene rings is 2. The summed E-state index contributed by atoms with van der Waals surface area (Å²) in [5.74, 6) is 0.921. The molecule has 0 bridgehead atoms. The van der Waals surface area contributed by atoms with Gasteiger partial charge in [0.1, 0.15) is 23.0 Å². The molecule has 3 N–H and O–H groups in total. The van der Waals surface area contributed by atoms with Gasteiger partial charge in [0.25, 0.3) is 5.56 Å². The van der Waals surface area contributed by atoms with Gasteiger partial charge in [0, 0.05) is 24.9 Å². The Morgan fingerprint density at radius 3 is 2.42 bits per heavy atom. The summed E-state index contributed by atoms with van der Waals surface area (Å²) in [6.07, 6.45) is -0.144. The lowest BCUT2D eigenvalue weighted by Crippen LogP contribution is -2.36. The van der Waals surface area contributed by atoms with Crippen molar-refractivity contribution in [3.05, 3.63) is 76.2 Å². The molecule has 190 valence electrons. The number of amides is 2. The molecule has 0 saturated heterocycles. The smallest absolute Gasteiger partial charge is 0.319 e. The Morgan fingerprint density at radius 1 is 1.06 bits per heavy atom. The van der Waals surface area contributed by atoms with E-state index in [-0.39, 0.29) is 24.5 Å². The molecule has 0 fully saturated rings. The van der Waals surface area contributed by atoms with E-state index in [9.17, 15) is 19.5 Å². The van der Waals surface area contributed by atoms with Crippen molar-refractivity contribution in [1.29, 1.82) is 0 Å². The van der Waals surface area contributed by atoms with Crippen LogP contribution in [0.1, 0.15) is 30.6 Å². The van der Waals surface area contributed by atoms with E-state index in [1.165, 1.54) is 17.7 Å². The van der Waals surface area contributed by atoms with Crippen LogP contribution >= 0.6 is 0 Å². The number of hydrogen-bond donors (Lipinski definition) is 3. The van der Waals surface area contributed by atoms with Gasteiger partial charge in [-0.3, -0.25) is 9.59 Å². The van der Waals surface area contributed by atoms with Crippen LogP contribution in [-0.4, -0.2) is 35.4 Å². The molecule has 36 heavy (non-hydrogen) atoms. The van der Waals surface area contributed by atoms with Crippen molar-refractivity contribution in [1.82, 2.24) is 9.88 Å². The maximum atomic E-state index is 12.7. The minimum absolute atomic E-state index is 0.144. The van der Waals surface area contributed by atoms with Crippen molar-refractivity contribution in [2.75, 3.05) is 19.0 Å². The molecule has 0 aliphatic rings. The van der Waals surface area contributed by atoms with E-state index < -0.39 is 23.6 Å². The maximum Gasteiger partial charge on any atom is 0.319 e. The molecule has 2 amide bonds. The molecule has 3 rings (SSSR count). The van der Waals surface area contributed by atoms with Crippen LogP contribution in [-0.2, 0) is 16.6 Å². The first kappa shape index (κ1) is 26.1. The predicted octanol–water partition coefficient (Wildman–Crippen LogP) is 4.02. The van der Waals surface area contributed by atoms with E-state index in [4.69, 9.17) is 14.2 Å². The van der Waals surface area contributed by atoms with Gasteiger partial charge in [-0.2, -0.15) is 0 Å². The Morgan fingerprint density at radius 2 is 1.75 bits per heavy atom. The monoisotopic (exact) mass is 495 g/mol. The second-order valence-electron chi connectivity index (χ2n) is 7.92. The van der Waals surface area contributed by atoms with Crippen molar-refractivity contribution in [2.45, 2.75) is 26.3 Å². The fraction of sp³-hybridized carbons (Fsp3) is 0.269. The molecule has 0 unspecified atom stereocenters. The molecular weight excluding hydrogens is 466 g/mol. The van der Waals surface area contributed by atoms with Gasteiger partial charge in [-0.15, -0.1) is 0 Å². The quantitative estimate of drug-likeness (QED) is 0.383. The molecule has 0 aliphatic heterocycles. The minimum Gasteiger partial charge on any atom is -0.505 e. The van der Waals surface area contributed by atoms with Crippen molar-refractivity contribution >= 4 is 17.7 Å². The average molecular weight is 496 g/mol. The number of pyridine rings is 1. The number of carbonyl (C=O) groups excluding carboxylic acids is 2. The number of rotatable bonds is 9. The summed E-state index contributed by atoms with van der Waals surface area (Å²) in [5.41, 5.74) is 0.304. The van der Waals surface area contributed by atoms with Crippen molar-refractivity contribution in [3.63, 3.8) is 0 Å². The van der Waals surface area contributed by atoms with Crippen molar-refractivity contribution in [2.24, 2.45) is 7.05 Å². The molecule has 0 aliphatic carbocycles. The molecule has 0 saturated carbocycles. The van der Waals surface area contributed by atoms with Crippen molar-refractivity contribution in [3.8, 4) is 23.0 Å². The Kier molecular flexibility index (Phi) is 8.56. The molecular formula is C26H29N3O7. The zero-order valence-corrected chi connectivity index (χ0v) is 20.5.